The van der Waals surface area contributed by atoms with Gasteiger partial charge < -0.3 is 10.3 Å². The molecule has 2 N–H and O–H groups in total. The van der Waals surface area contributed by atoms with Crippen molar-refractivity contribution in [3.05, 3.63) is 62.6 Å². The van der Waals surface area contributed by atoms with E-state index in [2.05, 4.69) is 53.4 Å². The Morgan fingerprint density at radius 3 is 2.61 bits per heavy atom. The van der Waals surface area contributed by atoms with Crippen LogP contribution in [0, 0.1) is 0 Å². The highest BCUT2D eigenvalue weighted by Crippen LogP contribution is 2.43. The number of aromatic amines is 1. The molecule has 0 unspecified atom stereocenters. The van der Waals surface area contributed by atoms with Gasteiger partial charge in [0.2, 0.25) is 0 Å². The number of benzene rings is 1. The molecule has 2 aromatic rings. The first-order valence-corrected chi connectivity index (χ1v) is 10.9. The molecule has 2 heterocycles. The summed E-state index contributed by atoms with van der Waals surface area (Å²) in [6.45, 7) is 6.33. The van der Waals surface area contributed by atoms with E-state index in [9.17, 15) is 9.59 Å². The summed E-state index contributed by atoms with van der Waals surface area (Å²) in [6, 6.07) is 8.29. The maximum absolute atomic E-state index is 13.0. The van der Waals surface area contributed by atoms with Gasteiger partial charge in [-0.25, -0.2) is 4.98 Å². The minimum absolute atomic E-state index is 0.128. The van der Waals surface area contributed by atoms with Crippen LogP contribution >= 0.6 is 11.8 Å². The minimum Gasteiger partial charge on any atom is -0.343 e. The van der Waals surface area contributed by atoms with Crippen molar-refractivity contribution < 1.29 is 4.79 Å². The lowest BCUT2D eigenvalue weighted by Crippen LogP contribution is -2.32. The number of nitrogens with zero attached hydrogens (tertiary/aromatic N) is 1. The Morgan fingerprint density at radius 2 is 1.93 bits per heavy atom. The molecule has 4 rings (SSSR count). The Kier molecular flexibility index (Phi) is 5.15. The summed E-state index contributed by atoms with van der Waals surface area (Å²) < 4.78 is 0. The summed E-state index contributed by atoms with van der Waals surface area (Å²) in [7, 11) is 0. The first kappa shape index (κ1) is 19.0. The average Bonchev–Trinajstić information content (AvgIpc) is 2.67. The molecule has 0 amide bonds. The number of H-pyrrole nitrogens is 1. The van der Waals surface area contributed by atoms with Crippen LogP contribution in [0.1, 0.15) is 68.6 Å². The highest BCUT2D eigenvalue weighted by atomic mass is 32.2. The SMILES string of the molecule is CCSc1nc2c(c(=O)[nH]1)[C@H](c1ccc(C(C)C)cc1)C1=C(CCCC1=O)N2. The molecule has 0 saturated carbocycles. The van der Waals surface area contributed by atoms with Crippen LogP contribution in [0.25, 0.3) is 0 Å². The van der Waals surface area contributed by atoms with Gasteiger partial charge in [-0.2, -0.15) is 0 Å². The van der Waals surface area contributed by atoms with Crippen molar-refractivity contribution in [2.75, 3.05) is 11.1 Å². The normalized spacial score (nSPS) is 18.7. The van der Waals surface area contributed by atoms with Gasteiger partial charge in [-0.3, -0.25) is 9.59 Å². The largest absolute Gasteiger partial charge is 0.343 e. The van der Waals surface area contributed by atoms with Gasteiger partial charge in [-0.15, -0.1) is 0 Å². The molecule has 0 bridgehead atoms. The molecule has 0 radical (unpaired) electrons. The lowest BCUT2D eigenvalue weighted by Gasteiger charge is -2.32. The molecule has 28 heavy (non-hydrogen) atoms. The van der Waals surface area contributed by atoms with Crippen molar-refractivity contribution in [3.8, 4) is 0 Å². The molecular weight excluding hydrogens is 370 g/mol. The van der Waals surface area contributed by atoms with Gasteiger partial charge in [0.05, 0.1) is 5.56 Å². The smallest absolute Gasteiger partial charge is 0.257 e. The predicted molar refractivity (Wildman–Crippen MR) is 113 cm³/mol. The molecule has 1 aliphatic heterocycles. The molecule has 1 aromatic heterocycles. The molecule has 6 heteroatoms. The number of carbonyl (C=O) groups excluding carboxylic acids is 1. The predicted octanol–water partition coefficient (Wildman–Crippen LogP) is 4.57. The molecular formula is C22H25N3O2S. The first-order valence-electron chi connectivity index (χ1n) is 9.89. The number of allylic oxidation sites excluding steroid dienone is 2. The molecule has 0 fully saturated rings. The van der Waals surface area contributed by atoms with Gasteiger partial charge in [-0.05, 0) is 35.6 Å². The monoisotopic (exact) mass is 395 g/mol. The van der Waals surface area contributed by atoms with Crippen molar-refractivity contribution in [2.24, 2.45) is 0 Å². The van der Waals surface area contributed by atoms with E-state index < -0.39 is 0 Å². The third-order valence-electron chi connectivity index (χ3n) is 5.45. The van der Waals surface area contributed by atoms with Crippen LogP contribution in [0.15, 0.2) is 45.5 Å². The number of fused-ring (bicyclic) bond motifs is 1. The average molecular weight is 396 g/mol. The van der Waals surface area contributed by atoms with E-state index in [1.54, 1.807) is 0 Å². The maximum atomic E-state index is 13.0. The van der Waals surface area contributed by atoms with Crippen LogP contribution in [-0.2, 0) is 4.79 Å². The number of aromatic nitrogens is 2. The minimum atomic E-state index is -0.364. The Bertz CT molecular complexity index is 1010. The number of hydrogen-bond donors (Lipinski definition) is 2. The fourth-order valence-electron chi connectivity index (χ4n) is 4.05. The Balaban J connectivity index is 1.90. The fourth-order valence-corrected chi connectivity index (χ4v) is 4.65. The molecule has 0 spiro atoms. The standard InChI is InChI=1S/C22H25N3O2S/c1-4-28-22-24-20-19(21(27)25-22)17(14-10-8-13(9-11-14)12(2)3)18-15(23-20)6-5-7-16(18)26/h8-12,17H,4-7H2,1-3H3,(H2,23,24,25,27)/t17-/m1/s1. The van der Waals surface area contributed by atoms with Crippen LogP contribution in [0.3, 0.4) is 0 Å². The lowest BCUT2D eigenvalue weighted by atomic mass is 9.76. The van der Waals surface area contributed by atoms with Crippen molar-refractivity contribution in [3.63, 3.8) is 0 Å². The summed E-state index contributed by atoms with van der Waals surface area (Å²) in [4.78, 5) is 33.4. The molecule has 2 aliphatic rings. The number of hydrogen-bond acceptors (Lipinski definition) is 5. The summed E-state index contributed by atoms with van der Waals surface area (Å²) in [6.07, 6.45) is 2.18. The van der Waals surface area contributed by atoms with Crippen LogP contribution in [-0.4, -0.2) is 21.5 Å². The summed E-state index contributed by atoms with van der Waals surface area (Å²) in [5, 5.41) is 3.92. The third-order valence-corrected chi connectivity index (χ3v) is 6.21. The summed E-state index contributed by atoms with van der Waals surface area (Å²) in [5.74, 6) is 1.61. The second kappa shape index (κ2) is 7.59. The highest BCUT2D eigenvalue weighted by molar-refractivity contribution is 7.99. The third kappa shape index (κ3) is 3.30. The fraction of sp³-hybridized carbons (Fsp3) is 0.409. The molecule has 0 saturated heterocycles. The first-order chi connectivity index (χ1) is 13.5. The molecule has 1 atom stereocenters. The Hall–Kier alpha value is -2.34. The van der Waals surface area contributed by atoms with E-state index in [4.69, 9.17) is 0 Å². The number of carbonyl (C=O) groups is 1. The second-order valence-corrected chi connectivity index (χ2v) is 8.87. The zero-order valence-corrected chi connectivity index (χ0v) is 17.3. The Labute approximate surface area is 169 Å². The summed E-state index contributed by atoms with van der Waals surface area (Å²) in [5.41, 5.74) is 4.25. The van der Waals surface area contributed by atoms with Gasteiger partial charge in [0.15, 0.2) is 10.9 Å². The van der Waals surface area contributed by atoms with E-state index in [-0.39, 0.29) is 17.3 Å². The van der Waals surface area contributed by atoms with Crippen molar-refractivity contribution in [1.29, 1.82) is 0 Å². The van der Waals surface area contributed by atoms with Gasteiger partial charge in [-0.1, -0.05) is 56.8 Å². The van der Waals surface area contributed by atoms with Crippen LogP contribution in [0.4, 0.5) is 5.82 Å². The van der Waals surface area contributed by atoms with E-state index >= 15 is 0 Å². The maximum Gasteiger partial charge on any atom is 0.257 e. The zero-order valence-electron chi connectivity index (χ0n) is 16.5. The number of rotatable bonds is 4. The van der Waals surface area contributed by atoms with E-state index in [1.165, 1.54) is 17.3 Å². The number of ketones is 1. The Morgan fingerprint density at radius 1 is 1.18 bits per heavy atom. The number of nitrogens with one attached hydrogen (secondary N) is 2. The van der Waals surface area contributed by atoms with Crippen molar-refractivity contribution >= 4 is 23.4 Å². The van der Waals surface area contributed by atoms with Gasteiger partial charge >= 0.3 is 0 Å². The zero-order chi connectivity index (χ0) is 19.8. The number of Topliss-reactive ketones (excluding diaryl/α,β-unsaturated/α-hetero) is 1. The molecule has 1 aromatic carbocycles. The van der Waals surface area contributed by atoms with Gasteiger partial charge in [0, 0.05) is 23.6 Å². The van der Waals surface area contributed by atoms with Crippen LogP contribution < -0.4 is 10.9 Å². The van der Waals surface area contributed by atoms with Crippen molar-refractivity contribution in [2.45, 2.75) is 57.0 Å². The van der Waals surface area contributed by atoms with Crippen LogP contribution in [0.2, 0.25) is 0 Å². The topological polar surface area (TPSA) is 74.8 Å². The number of thioether (sulfide) groups is 1. The summed E-state index contributed by atoms with van der Waals surface area (Å²) >= 11 is 1.50. The van der Waals surface area contributed by atoms with E-state index in [0.717, 1.165) is 35.4 Å². The molecule has 5 nitrogen and oxygen atoms in total. The lowest BCUT2D eigenvalue weighted by molar-refractivity contribution is -0.116. The molecule has 1 aliphatic carbocycles. The highest BCUT2D eigenvalue weighted by Gasteiger charge is 2.37. The van der Waals surface area contributed by atoms with E-state index in [1.807, 2.05) is 6.92 Å². The van der Waals surface area contributed by atoms with Gasteiger partial charge in [0.25, 0.3) is 5.56 Å². The van der Waals surface area contributed by atoms with Crippen molar-refractivity contribution in [1.82, 2.24) is 9.97 Å². The second-order valence-electron chi connectivity index (χ2n) is 7.61. The molecule has 146 valence electrons. The van der Waals surface area contributed by atoms with Crippen LogP contribution in [0.5, 0.6) is 0 Å². The quantitative estimate of drug-likeness (QED) is 0.586. The van der Waals surface area contributed by atoms with E-state index in [0.29, 0.717) is 28.9 Å². The van der Waals surface area contributed by atoms with Gasteiger partial charge in [0.1, 0.15) is 5.82 Å². The number of anilines is 1.